The number of rotatable bonds is 5. The number of ether oxygens (including phenoxy) is 1. The lowest BCUT2D eigenvalue weighted by Gasteiger charge is -2.15. The van der Waals surface area contributed by atoms with Gasteiger partial charge in [0.1, 0.15) is 0 Å². The number of carbonyl (C=O) groups is 3. The molecule has 0 spiro atoms. The zero-order chi connectivity index (χ0) is 18.4. The molecule has 6 heteroatoms. The van der Waals surface area contributed by atoms with Gasteiger partial charge in [0.15, 0.2) is 0 Å². The van der Waals surface area contributed by atoms with Gasteiger partial charge >= 0.3 is 5.97 Å². The number of nitrogens with zero attached hydrogens (tertiary/aromatic N) is 1. The van der Waals surface area contributed by atoms with Crippen LogP contribution in [-0.2, 0) is 20.7 Å². The zero-order valence-corrected chi connectivity index (χ0v) is 14.4. The Morgan fingerprint density at radius 2 is 1.68 bits per heavy atom. The number of anilines is 2. The van der Waals surface area contributed by atoms with Gasteiger partial charge < -0.3 is 15.0 Å². The molecule has 25 heavy (non-hydrogen) atoms. The number of hydrogen-bond donors (Lipinski definition) is 1. The minimum absolute atomic E-state index is 0.0649. The van der Waals surface area contributed by atoms with Crippen LogP contribution in [0.4, 0.5) is 11.4 Å². The summed E-state index contributed by atoms with van der Waals surface area (Å²) < 4.78 is 4.71. The first-order chi connectivity index (χ1) is 11.9. The number of hydrogen-bond acceptors (Lipinski definition) is 4. The quantitative estimate of drug-likeness (QED) is 0.849. The van der Waals surface area contributed by atoms with Gasteiger partial charge in [0, 0.05) is 19.7 Å². The highest BCUT2D eigenvalue weighted by molar-refractivity contribution is 6.01. The van der Waals surface area contributed by atoms with E-state index < -0.39 is 5.97 Å². The van der Waals surface area contributed by atoms with Gasteiger partial charge in [0.2, 0.25) is 11.8 Å². The van der Waals surface area contributed by atoms with Crippen LogP contribution in [0.1, 0.15) is 22.8 Å². The van der Waals surface area contributed by atoms with Gasteiger partial charge in [-0.2, -0.15) is 0 Å². The Morgan fingerprint density at radius 1 is 1.04 bits per heavy atom. The van der Waals surface area contributed by atoms with E-state index in [9.17, 15) is 14.4 Å². The molecule has 0 radical (unpaired) electrons. The van der Waals surface area contributed by atoms with Crippen LogP contribution < -0.4 is 10.2 Å². The third kappa shape index (κ3) is 4.67. The van der Waals surface area contributed by atoms with E-state index in [4.69, 9.17) is 4.74 Å². The second-order valence-corrected chi connectivity index (χ2v) is 5.51. The molecule has 130 valence electrons. The summed E-state index contributed by atoms with van der Waals surface area (Å²) in [6.07, 6.45) is 0.152. The summed E-state index contributed by atoms with van der Waals surface area (Å²) in [5.74, 6) is -0.818. The van der Waals surface area contributed by atoms with Gasteiger partial charge in [-0.25, -0.2) is 4.79 Å². The topological polar surface area (TPSA) is 75.7 Å². The summed E-state index contributed by atoms with van der Waals surface area (Å²) in [6.45, 7) is 1.49. The van der Waals surface area contributed by atoms with Crippen molar-refractivity contribution in [1.29, 1.82) is 0 Å². The van der Waals surface area contributed by atoms with E-state index >= 15 is 0 Å². The van der Waals surface area contributed by atoms with E-state index in [1.54, 1.807) is 55.6 Å². The largest absolute Gasteiger partial charge is 0.465 e. The van der Waals surface area contributed by atoms with E-state index in [1.165, 1.54) is 18.9 Å². The zero-order valence-electron chi connectivity index (χ0n) is 14.4. The van der Waals surface area contributed by atoms with Crippen LogP contribution in [0.2, 0.25) is 0 Å². The fraction of sp³-hybridized carbons (Fsp3) is 0.211. The van der Waals surface area contributed by atoms with Crippen LogP contribution in [0.3, 0.4) is 0 Å². The molecule has 0 saturated carbocycles. The Morgan fingerprint density at radius 3 is 2.28 bits per heavy atom. The van der Waals surface area contributed by atoms with Crippen LogP contribution in [0, 0.1) is 0 Å². The standard InChI is InChI=1S/C19H20N2O4/c1-13(22)21(2)15-10-8-14(9-11-15)12-18(23)20-17-7-5-4-6-16(17)19(24)25-3/h4-11H,12H2,1-3H3,(H,20,23). The van der Waals surface area contributed by atoms with E-state index in [1.807, 2.05) is 0 Å². The molecule has 2 amide bonds. The van der Waals surface area contributed by atoms with Gasteiger partial charge in [-0.1, -0.05) is 24.3 Å². The van der Waals surface area contributed by atoms with Crippen LogP contribution in [0.15, 0.2) is 48.5 Å². The van der Waals surface area contributed by atoms with Crippen molar-refractivity contribution in [3.8, 4) is 0 Å². The van der Waals surface area contributed by atoms with Crippen molar-refractivity contribution in [2.45, 2.75) is 13.3 Å². The molecule has 6 nitrogen and oxygen atoms in total. The lowest BCUT2D eigenvalue weighted by atomic mass is 10.1. The van der Waals surface area contributed by atoms with Crippen molar-refractivity contribution >= 4 is 29.2 Å². The third-order valence-corrected chi connectivity index (χ3v) is 3.77. The predicted octanol–water partition coefficient (Wildman–Crippen LogP) is 2.64. The predicted molar refractivity (Wildman–Crippen MR) is 95.6 cm³/mol. The summed E-state index contributed by atoms with van der Waals surface area (Å²) in [5, 5.41) is 2.73. The van der Waals surface area contributed by atoms with Crippen LogP contribution in [0.5, 0.6) is 0 Å². The lowest BCUT2D eigenvalue weighted by molar-refractivity contribution is -0.116. The maximum absolute atomic E-state index is 12.2. The smallest absolute Gasteiger partial charge is 0.339 e. The summed E-state index contributed by atoms with van der Waals surface area (Å²) in [4.78, 5) is 36.8. The first-order valence-corrected chi connectivity index (χ1v) is 7.72. The van der Waals surface area contributed by atoms with Crippen LogP contribution in [-0.4, -0.2) is 31.9 Å². The van der Waals surface area contributed by atoms with Gasteiger partial charge in [-0.3, -0.25) is 9.59 Å². The molecule has 0 aliphatic rings. The van der Waals surface area contributed by atoms with Crippen molar-refractivity contribution in [2.24, 2.45) is 0 Å². The van der Waals surface area contributed by atoms with E-state index in [0.717, 1.165) is 11.3 Å². The highest BCUT2D eigenvalue weighted by Crippen LogP contribution is 2.18. The maximum Gasteiger partial charge on any atom is 0.339 e. The second kappa shape index (κ2) is 8.10. The number of benzene rings is 2. The maximum atomic E-state index is 12.2. The molecule has 0 heterocycles. The molecule has 2 rings (SSSR count). The van der Waals surface area contributed by atoms with Gasteiger partial charge in [-0.15, -0.1) is 0 Å². The van der Waals surface area contributed by atoms with Gasteiger partial charge in [0.05, 0.1) is 24.8 Å². The molecule has 0 saturated heterocycles. The minimum atomic E-state index is -0.507. The SMILES string of the molecule is COC(=O)c1ccccc1NC(=O)Cc1ccc(N(C)C(C)=O)cc1. The molecule has 1 N–H and O–H groups in total. The molecule has 0 unspecified atom stereocenters. The molecule has 0 aliphatic carbocycles. The Bertz CT molecular complexity index is 784. The van der Waals surface area contributed by atoms with E-state index in [-0.39, 0.29) is 18.2 Å². The lowest BCUT2D eigenvalue weighted by Crippen LogP contribution is -2.22. The van der Waals surface area contributed by atoms with Crippen molar-refractivity contribution < 1.29 is 19.1 Å². The summed E-state index contributed by atoms with van der Waals surface area (Å²) in [7, 11) is 2.98. The summed E-state index contributed by atoms with van der Waals surface area (Å²) >= 11 is 0. The second-order valence-electron chi connectivity index (χ2n) is 5.51. The minimum Gasteiger partial charge on any atom is -0.465 e. The molecule has 0 fully saturated rings. The average Bonchev–Trinajstić information content (AvgIpc) is 2.61. The average molecular weight is 340 g/mol. The van der Waals surface area contributed by atoms with Crippen molar-refractivity contribution in [3.63, 3.8) is 0 Å². The molecule has 0 bridgehead atoms. The monoisotopic (exact) mass is 340 g/mol. The molecular weight excluding hydrogens is 320 g/mol. The number of carbonyl (C=O) groups excluding carboxylic acids is 3. The Balaban J connectivity index is 2.06. The summed E-state index contributed by atoms with van der Waals surface area (Å²) in [6, 6.07) is 13.8. The van der Waals surface area contributed by atoms with Crippen LogP contribution >= 0.6 is 0 Å². The van der Waals surface area contributed by atoms with Crippen molar-refractivity contribution in [3.05, 3.63) is 59.7 Å². The first-order valence-electron chi connectivity index (χ1n) is 7.72. The first kappa shape index (κ1) is 18.2. The number of esters is 1. The molecule has 2 aromatic carbocycles. The molecule has 2 aromatic rings. The molecule has 0 aromatic heterocycles. The molecular formula is C19H20N2O4. The molecule has 0 atom stereocenters. The normalized spacial score (nSPS) is 10.0. The molecule has 0 aliphatic heterocycles. The Labute approximate surface area is 146 Å². The number of para-hydroxylation sites is 1. The number of amides is 2. The van der Waals surface area contributed by atoms with E-state index in [2.05, 4.69) is 5.32 Å². The van der Waals surface area contributed by atoms with Crippen molar-refractivity contribution in [2.75, 3.05) is 24.4 Å². The number of nitrogens with one attached hydrogen (secondary N) is 1. The fourth-order valence-electron chi connectivity index (χ4n) is 2.28. The fourth-order valence-corrected chi connectivity index (χ4v) is 2.28. The third-order valence-electron chi connectivity index (χ3n) is 3.77. The van der Waals surface area contributed by atoms with Crippen molar-refractivity contribution in [1.82, 2.24) is 0 Å². The Kier molecular flexibility index (Phi) is 5.89. The summed E-state index contributed by atoms with van der Waals surface area (Å²) in [5.41, 5.74) is 2.27. The van der Waals surface area contributed by atoms with Crippen LogP contribution in [0.25, 0.3) is 0 Å². The Hall–Kier alpha value is -3.15. The number of methoxy groups -OCH3 is 1. The highest BCUT2D eigenvalue weighted by atomic mass is 16.5. The van der Waals surface area contributed by atoms with Gasteiger partial charge in [0.25, 0.3) is 0 Å². The van der Waals surface area contributed by atoms with Gasteiger partial charge in [-0.05, 0) is 29.8 Å². The highest BCUT2D eigenvalue weighted by Gasteiger charge is 2.13. The van der Waals surface area contributed by atoms with E-state index in [0.29, 0.717) is 11.3 Å².